The molecule has 2 heterocycles. The Morgan fingerprint density at radius 3 is 2.40 bits per heavy atom. The van der Waals surface area contributed by atoms with Gasteiger partial charge in [-0.2, -0.15) is 4.31 Å². The first kappa shape index (κ1) is 31.4. The van der Waals surface area contributed by atoms with Gasteiger partial charge in [0.15, 0.2) is 11.6 Å². The van der Waals surface area contributed by atoms with Crippen LogP contribution in [-0.2, 0) is 14.8 Å². The third kappa shape index (κ3) is 7.09. The average Bonchev–Trinajstić information content (AvgIpc) is 3.22. The minimum atomic E-state index is -5.12. The Kier molecular flexibility index (Phi) is 8.97. The summed E-state index contributed by atoms with van der Waals surface area (Å²) in [6, 6.07) is 6.07. The Morgan fingerprint density at radius 1 is 1.17 bits per heavy atom. The molecule has 10 nitrogen and oxygen atoms in total. The molecule has 4 rings (SSSR count). The van der Waals surface area contributed by atoms with E-state index in [1.54, 1.807) is 26.0 Å². The first-order valence-electron chi connectivity index (χ1n) is 12.8. The third-order valence-corrected chi connectivity index (χ3v) is 8.51. The molecule has 2 aliphatic heterocycles. The van der Waals surface area contributed by atoms with Crippen molar-refractivity contribution in [1.82, 2.24) is 9.62 Å². The van der Waals surface area contributed by atoms with E-state index in [1.165, 1.54) is 10.4 Å². The maximum atomic E-state index is 13.8. The minimum absolute atomic E-state index is 0.00518. The summed E-state index contributed by atoms with van der Waals surface area (Å²) in [6.45, 7) is 2.92. The molecule has 15 heteroatoms. The zero-order valence-corrected chi connectivity index (χ0v) is 23.4. The van der Waals surface area contributed by atoms with Gasteiger partial charge < -0.3 is 25.0 Å². The van der Waals surface area contributed by atoms with Crippen LogP contribution in [0.15, 0.2) is 40.7 Å². The van der Waals surface area contributed by atoms with E-state index in [2.05, 4.69) is 15.0 Å². The lowest BCUT2D eigenvalue weighted by molar-refractivity contribution is -0.275. The Labute approximate surface area is 239 Å². The molecule has 1 amide bonds. The number of sulfonamides is 1. The summed E-state index contributed by atoms with van der Waals surface area (Å²) in [5.41, 5.74) is 0.783. The number of nitrogens with zero attached hydrogens (tertiary/aromatic N) is 2. The number of carbonyl (C=O) groups is 1. The first-order valence-corrected chi connectivity index (χ1v) is 14.3. The van der Waals surface area contributed by atoms with E-state index in [0.717, 1.165) is 34.7 Å². The fraction of sp³-hybridized carbons (Fsp3) is 0.407. The molecule has 0 radical (unpaired) electrons. The van der Waals surface area contributed by atoms with Crippen molar-refractivity contribution in [2.24, 2.45) is 4.99 Å². The summed E-state index contributed by atoms with van der Waals surface area (Å²) in [6.07, 6.45) is -4.64. The summed E-state index contributed by atoms with van der Waals surface area (Å²) < 4.78 is 88.2. The number of aliphatic imine (C=N–C) groups is 1. The predicted octanol–water partition coefficient (Wildman–Crippen LogP) is 2.78. The predicted molar refractivity (Wildman–Crippen MR) is 144 cm³/mol. The fourth-order valence-electron chi connectivity index (χ4n) is 4.72. The molecule has 1 spiro atoms. The number of aryl methyl sites for hydroxylation is 2. The molecule has 228 valence electrons. The number of carbonyl (C=O) groups excluding carboxylic acids is 1. The van der Waals surface area contributed by atoms with Gasteiger partial charge in [-0.1, -0.05) is 0 Å². The molecule has 1 fully saturated rings. The molecule has 2 aliphatic rings. The average molecular weight is 616 g/mol. The highest BCUT2D eigenvalue weighted by molar-refractivity contribution is 7.92. The number of hydrogen-bond donors (Lipinski definition) is 3. The molecule has 2 aromatic rings. The lowest BCUT2D eigenvalue weighted by atomic mass is 9.89. The third-order valence-electron chi connectivity index (χ3n) is 6.95. The van der Waals surface area contributed by atoms with Crippen molar-refractivity contribution in [3.8, 4) is 11.5 Å². The number of nitrogens with one attached hydrogen (secondary N) is 1. The number of aliphatic hydroxyl groups excluding tert-OH is 2. The molecule has 0 saturated carbocycles. The van der Waals surface area contributed by atoms with Gasteiger partial charge in [-0.25, -0.2) is 12.8 Å². The number of piperidine rings is 1. The van der Waals surface area contributed by atoms with Gasteiger partial charge in [0.1, 0.15) is 29.8 Å². The number of ether oxygens (including phenoxy) is 2. The van der Waals surface area contributed by atoms with Crippen LogP contribution in [0.2, 0.25) is 0 Å². The van der Waals surface area contributed by atoms with Crippen LogP contribution in [0.3, 0.4) is 0 Å². The van der Waals surface area contributed by atoms with Crippen molar-refractivity contribution in [2.45, 2.75) is 44.7 Å². The Bertz CT molecular complexity index is 1500. The zero-order valence-electron chi connectivity index (χ0n) is 22.6. The van der Waals surface area contributed by atoms with Crippen LogP contribution < -0.4 is 14.8 Å². The van der Waals surface area contributed by atoms with Crippen LogP contribution in [0.25, 0.3) is 6.08 Å². The van der Waals surface area contributed by atoms with Gasteiger partial charge in [-0.3, -0.25) is 9.79 Å². The van der Waals surface area contributed by atoms with Gasteiger partial charge >= 0.3 is 6.36 Å². The van der Waals surface area contributed by atoms with Crippen LogP contribution in [0.5, 0.6) is 11.5 Å². The van der Waals surface area contributed by atoms with Crippen LogP contribution >= 0.6 is 0 Å². The number of amides is 1. The second kappa shape index (κ2) is 12.0. The standard InChI is InChI=1S/C27H29F4N3O7S/c1-16-11-20(40-15-19(36)14-35)12-17(2)21(16)5-10-42(38,39)34-8-6-26(7-9-34)25(37)32-24(33-26)18-3-4-22(28)23(13-18)41-27(29,30)31/h3-5,10-13,19,35-36H,6-9,14-15H2,1-2H3,(H,32,33,37)/b10-5+/t19-/m1/s1. The number of amidine groups is 1. The molecule has 1 atom stereocenters. The maximum absolute atomic E-state index is 13.8. The van der Waals surface area contributed by atoms with Crippen molar-refractivity contribution < 1.29 is 50.5 Å². The van der Waals surface area contributed by atoms with Gasteiger partial charge in [-0.05, 0) is 79.8 Å². The first-order chi connectivity index (χ1) is 19.6. The van der Waals surface area contributed by atoms with Crippen LogP contribution in [-0.4, -0.2) is 79.0 Å². The van der Waals surface area contributed by atoms with Crippen molar-refractivity contribution in [3.05, 3.63) is 63.8 Å². The van der Waals surface area contributed by atoms with Crippen molar-refractivity contribution in [3.63, 3.8) is 0 Å². The summed E-state index contributed by atoms with van der Waals surface area (Å²) >= 11 is 0. The van der Waals surface area contributed by atoms with Crippen molar-refractivity contribution in [2.75, 3.05) is 26.3 Å². The van der Waals surface area contributed by atoms with Crippen LogP contribution in [0, 0.1) is 19.7 Å². The largest absolute Gasteiger partial charge is 0.573 e. The molecule has 0 aliphatic carbocycles. The monoisotopic (exact) mass is 615 g/mol. The number of halogens is 4. The summed E-state index contributed by atoms with van der Waals surface area (Å²) in [5.74, 6) is -2.45. The molecule has 2 aromatic carbocycles. The highest BCUT2D eigenvalue weighted by Crippen LogP contribution is 2.34. The van der Waals surface area contributed by atoms with E-state index in [1.807, 2.05) is 0 Å². The number of hydrogen-bond acceptors (Lipinski definition) is 8. The Hall–Kier alpha value is -3.53. The molecule has 3 N–H and O–H groups in total. The second-order valence-electron chi connectivity index (χ2n) is 10.0. The maximum Gasteiger partial charge on any atom is 0.573 e. The Morgan fingerprint density at radius 2 is 1.81 bits per heavy atom. The van der Waals surface area contributed by atoms with E-state index in [4.69, 9.17) is 9.84 Å². The lowest BCUT2D eigenvalue weighted by Gasteiger charge is -2.34. The van der Waals surface area contributed by atoms with Gasteiger partial charge in [0.25, 0.3) is 5.91 Å². The van der Waals surface area contributed by atoms with Crippen molar-refractivity contribution in [1.29, 1.82) is 0 Å². The number of benzene rings is 2. The molecular formula is C27H29F4N3O7S. The van der Waals surface area contributed by atoms with Crippen LogP contribution in [0.1, 0.15) is 35.1 Å². The fourth-order valence-corrected chi connectivity index (χ4v) is 5.89. The van der Waals surface area contributed by atoms with E-state index in [0.29, 0.717) is 11.3 Å². The summed E-state index contributed by atoms with van der Waals surface area (Å²) in [4.78, 5) is 17.2. The number of rotatable bonds is 9. The van der Waals surface area contributed by atoms with Gasteiger partial charge in [-0.15, -0.1) is 13.2 Å². The van der Waals surface area contributed by atoms with E-state index >= 15 is 0 Å². The summed E-state index contributed by atoms with van der Waals surface area (Å²) in [5, 5.41) is 22.0. The highest BCUT2D eigenvalue weighted by Gasteiger charge is 2.47. The lowest BCUT2D eigenvalue weighted by Crippen LogP contribution is -2.50. The molecule has 1 saturated heterocycles. The van der Waals surface area contributed by atoms with E-state index < -0.39 is 52.1 Å². The van der Waals surface area contributed by atoms with E-state index in [9.17, 15) is 35.9 Å². The number of aliphatic hydroxyl groups is 2. The molecule has 0 unspecified atom stereocenters. The molecule has 0 bridgehead atoms. The number of alkyl halides is 3. The van der Waals surface area contributed by atoms with Gasteiger partial charge in [0.2, 0.25) is 10.0 Å². The second-order valence-corrected chi connectivity index (χ2v) is 11.8. The normalized spacial score (nSPS) is 18.3. The SMILES string of the molecule is Cc1cc(OC[C@H](O)CO)cc(C)c1/C=C/S(=O)(=O)N1CCC2(CC1)N=C(c1ccc(F)c(OC(F)(F)F)c1)NC2=O. The minimum Gasteiger partial charge on any atom is -0.491 e. The Balaban J connectivity index is 1.45. The van der Waals surface area contributed by atoms with Crippen molar-refractivity contribution >= 4 is 27.8 Å². The smallest absolute Gasteiger partial charge is 0.491 e. The quantitative estimate of drug-likeness (QED) is 0.369. The van der Waals surface area contributed by atoms with Crippen LogP contribution in [0.4, 0.5) is 17.6 Å². The molecular weight excluding hydrogens is 586 g/mol. The zero-order chi connectivity index (χ0) is 30.9. The molecule has 0 aromatic heterocycles. The summed E-state index contributed by atoms with van der Waals surface area (Å²) in [7, 11) is -3.89. The molecule has 42 heavy (non-hydrogen) atoms. The topological polar surface area (TPSA) is 138 Å². The van der Waals surface area contributed by atoms with Gasteiger partial charge in [0.05, 0.1) is 6.61 Å². The van der Waals surface area contributed by atoms with Gasteiger partial charge in [0, 0.05) is 24.1 Å². The highest BCUT2D eigenvalue weighted by atomic mass is 32.2. The van der Waals surface area contributed by atoms with E-state index in [-0.39, 0.29) is 43.9 Å².